The Morgan fingerprint density at radius 2 is 2.11 bits per heavy atom. The molecule has 1 unspecified atom stereocenters. The van der Waals surface area contributed by atoms with Crippen molar-refractivity contribution < 1.29 is 4.79 Å². The minimum atomic E-state index is 0.244. The van der Waals surface area contributed by atoms with Crippen LogP contribution in [0.1, 0.15) is 32.3 Å². The molecule has 0 spiro atoms. The topological polar surface area (TPSA) is 43.1 Å². The third-order valence-electron chi connectivity index (χ3n) is 2.94. The van der Waals surface area contributed by atoms with Crippen LogP contribution in [0.5, 0.6) is 0 Å². The molecule has 0 bridgehead atoms. The van der Waals surface area contributed by atoms with Crippen LogP contribution in [0, 0.1) is 11.8 Å². The summed E-state index contributed by atoms with van der Waals surface area (Å²) in [5.74, 6) is 1.13. The third-order valence-corrected chi connectivity index (χ3v) is 3.18. The van der Waals surface area contributed by atoms with Gasteiger partial charge in [-0.2, -0.15) is 0 Å². The molecule has 0 aliphatic heterocycles. The number of nitrogens with two attached hydrogens (primary N) is 1. The highest BCUT2D eigenvalue weighted by atomic mass is 35.5. The van der Waals surface area contributed by atoms with Crippen LogP contribution in [-0.4, -0.2) is 12.3 Å². The molecule has 0 heterocycles. The van der Waals surface area contributed by atoms with E-state index in [2.05, 4.69) is 13.8 Å². The summed E-state index contributed by atoms with van der Waals surface area (Å²) in [6.07, 6.45) is 2.04. The minimum Gasteiger partial charge on any atom is -0.330 e. The van der Waals surface area contributed by atoms with Gasteiger partial charge >= 0.3 is 0 Å². The minimum absolute atomic E-state index is 0.244. The van der Waals surface area contributed by atoms with Gasteiger partial charge in [-0.1, -0.05) is 37.6 Å². The maximum atomic E-state index is 12.0. The van der Waals surface area contributed by atoms with Crippen molar-refractivity contribution in [3.05, 3.63) is 34.9 Å². The van der Waals surface area contributed by atoms with Crippen molar-refractivity contribution in [1.82, 2.24) is 0 Å². The summed E-state index contributed by atoms with van der Waals surface area (Å²) in [6.45, 7) is 4.90. The van der Waals surface area contributed by atoms with E-state index in [1.165, 1.54) is 0 Å². The predicted octanol–water partition coefficient (Wildman–Crippen LogP) is 3.46. The van der Waals surface area contributed by atoms with Crippen molar-refractivity contribution >= 4 is 17.4 Å². The average molecular weight is 268 g/mol. The van der Waals surface area contributed by atoms with Gasteiger partial charge in [-0.05, 0) is 42.5 Å². The zero-order valence-corrected chi connectivity index (χ0v) is 11.9. The van der Waals surface area contributed by atoms with Gasteiger partial charge in [0.05, 0.1) is 0 Å². The van der Waals surface area contributed by atoms with Crippen molar-refractivity contribution in [2.75, 3.05) is 6.54 Å². The van der Waals surface area contributed by atoms with Crippen LogP contribution in [0.4, 0.5) is 0 Å². The van der Waals surface area contributed by atoms with E-state index in [1.807, 2.05) is 24.3 Å². The zero-order valence-electron chi connectivity index (χ0n) is 11.2. The molecule has 1 aromatic rings. The first-order chi connectivity index (χ1) is 8.51. The number of ketones is 1. The lowest BCUT2D eigenvalue weighted by Gasteiger charge is -2.16. The molecule has 0 saturated carbocycles. The normalized spacial score (nSPS) is 12.7. The van der Waals surface area contributed by atoms with Crippen molar-refractivity contribution in [2.45, 2.75) is 33.1 Å². The van der Waals surface area contributed by atoms with Gasteiger partial charge in [-0.3, -0.25) is 4.79 Å². The van der Waals surface area contributed by atoms with Crippen LogP contribution in [-0.2, 0) is 11.2 Å². The molecule has 0 radical (unpaired) electrons. The van der Waals surface area contributed by atoms with Crippen LogP contribution in [0.15, 0.2) is 24.3 Å². The van der Waals surface area contributed by atoms with E-state index in [-0.39, 0.29) is 5.78 Å². The van der Waals surface area contributed by atoms with Gasteiger partial charge in [-0.25, -0.2) is 0 Å². The van der Waals surface area contributed by atoms with Crippen molar-refractivity contribution in [2.24, 2.45) is 17.6 Å². The standard InChI is InChI=1S/C15H22ClNO/c1-11(2)6-13(10-17)9-15(18)8-12-4-3-5-14(16)7-12/h3-5,7,11,13H,6,8-10,17H2,1-2H3. The summed E-state index contributed by atoms with van der Waals surface area (Å²) in [7, 11) is 0. The molecule has 18 heavy (non-hydrogen) atoms. The molecule has 2 N–H and O–H groups in total. The summed E-state index contributed by atoms with van der Waals surface area (Å²) >= 11 is 5.90. The first-order valence-electron chi connectivity index (χ1n) is 6.47. The van der Waals surface area contributed by atoms with Crippen molar-refractivity contribution in [3.63, 3.8) is 0 Å². The van der Waals surface area contributed by atoms with Crippen LogP contribution in [0.3, 0.4) is 0 Å². The summed E-state index contributed by atoms with van der Waals surface area (Å²) in [5, 5.41) is 0.679. The van der Waals surface area contributed by atoms with E-state index in [1.54, 1.807) is 0 Å². The zero-order chi connectivity index (χ0) is 13.5. The number of halogens is 1. The number of rotatable bonds is 7. The van der Waals surface area contributed by atoms with E-state index in [9.17, 15) is 4.79 Å². The highest BCUT2D eigenvalue weighted by Gasteiger charge is 2.14. The maximum absolute atomic E-state index is 12.0. The van der Waals surface area contributed by atoms with E-state index in [4.69, 9.17) is 17.3 Å². The lowest BCUT2D eigenvalue weighted by molar-refractivity contribution is -0.119. The monoisotopic (exact) mass is 267 g/mol. The lowest BCUT2D eigenvalue weighted by Crippen LogP contribution is -2.20. The molecular formula is C15H22ClNO. The summed E-state index contributed by atoms with van der Waals surface area (Å²) in [5.41, 5.74) is 6.69. The highest BCUT2D eigenvalue weighted by Crippen LogP contribution is 2.17. The Labute approximate surface area is 115 Å². The molecule has 100 valence electrons. The molecule has 1 rings (SSSR count). The highest BCUT2D eigenvalue weighted by molar-refractivity contribution is 6.30. The molecule has 2 nitrogen and oxygen atoms in total. The fraction of sp³-hybridized carbons (Fsp3) is 0.533. The molecule has 0 amide bonds. The van der Waals surface area contributed by atoms with Gasteiger partial charge in [0.15, 0.2) is 0 Å². The fourth-order valence-corrected chi connectivity index (χ4v) is 2.41. The molecule has 1 atom stereocenters. The molecular weight excluding hydrogens is 246 g/mol. The Morgan fingerprint density at radius 3 is 2.67 bits per heavy atom. The quantitative estimate of drug-likeness (QED) is 0.822. The molecule has 0 saturated heterocycles. The predicted molar refractivity (Wildman–Crippen MR) is 76.8 cm³/mol. The van der Waals surface area contributed by atoms with Crippen molar-refractivity contribution in [3.8, 4) is 0 Å². The summed E-state index contributed by atoms with van der Waals surface area (Å²) < 4.78 is 0. The maximum Gasteiger partial charge on any atom is 0.137 e. The van der Waals surface area contributed by atoms with E-state index in [0.717, 1.165) is 12.0 Å². The second-order valence-corrected chi connectivity index (χ2v) is 5.72. The summed E-state index contributed by atoms with van der Waals surface area (Å²) in [4.78, 5) is 12.0. The van der Waals surface area contributed by atoms with E-state index in [0.29, 0.717) is 36.2 Å². The molecule has 0 fully saturated rings. The van der Waals surface area contributed by atoms with E-state index < -0.39 is 0 Å². The van der Waals surface area contributed by atoms with Gasteiger partial charge < -0.3 is 5.73 Å². The van der Waals surface area contributed by atoms with Gasteiger partial charge in [-0.15, -0.1) is 0 Å². The number of carbonyl (C=O) groups excluding carboxylic acids is 1. The molecule has 3 heteroatoms. The largest absolute Gasteiger partial charge is 0.330 e. The van der Waals surface area contributed by atoms with Gasteiger partial charge in [0.2, 0.25) is 0 Å². The first-order valence-corrected chi connectivity index (χ1v) is 6.85. The molecule has 1 aromatic carbocycles. The smallest absolute Gasteiger partial charge is 0.137 e. The second kappa shape index (κ2) is 7.55. The molecule has 0 aromatic heterocycles. The number of Topliss-reactive ketones (excluding diaryl/α,β-unsaturated/α-hetero) is 1. The molecule has 0 aliphatic rings. The number of benzene rings is 1. The Balaban J connectivity index is 2.50. The number of carbonyl (C=O) groups is 1. The van der Waals surface area contributed by atoms with Crippen LogP contribution in [0.25, 0.3) is 0 Å². The lowest BCUT2D eigenvalue weighted by atomic mass is 9.91. The van der Waals surface area contributed by atoms with Crippen molar-refractivity contribution in [1.29, 1.82) is 0 Å². The second-order valence-electron chi connectivity index (χ2n) is 5.28. The fourth-order valence-electron chi connectivity index (χ4n) is 2.20. The number of hydrogen-bond acceptors (Lipinski definition) is 2. The van der Waals surface area contributed by atoms with Gasteiger partial charge in [0.25, 0.3) is 0 Å². The Morgan fingerprint density at radius 1 is 1.39 bits per heavy atom. The summed E-state index contributed by atoms with van der Waals surface area (Å²) in [6, 6.07) is 7.47. The molecule has 0 aliphatic carbocycles. The Hall–Kier alpha value is -0.860. The van der Waals surface area contributed by atoms with Crippen LogP contribution in [0.2, 0.25) is 5.02 Å². The van der Waals surface area contributed by atoms with E-state index >= 15 is 0 Å². The average Bonchev–Trinajstić information content (AvgIpc) is 2.27. The third kappa shape index (κ3) is 5.65. The first kappa shape index (κ1) is 15.2. The van der Waals surface area contributed by atoms with Gasteiger partial charge in [0, 0.05) is 17.9 Å². The Bertz CT molecular complexity index is 390. The Kier molecular flexibility index (Phi) is 6.37. The number of hydrogen-bond donors (Lipinski definition) is 1. The van der Waals surface area contributed by atoms with Gasteiger partial charge in [0.1, 0.15) is 5.78 Å². The van der Waals surface area contributed by atoms with Crippen LogP contribution >= 0.6 is 11.6 Å². The SMILES string of the molecule is CC(C)CC(CN)CC(=O)Cc1cccc(Cl)c1. The van der Waals surface area contributed by atoms with Crippen LogP contribution < -0.4 is 5.73 Å².